The zero-order valence-electron chi connectivity index (χ0n) is 21.7. The third kappa shape index (κ3) is 4.84. The fourth-order valence-corrected chi connectivity index (χ4v) is 6.76. The van der Waals surface area contributed by atoms with Crippen LogP contribution < -0.4 is 14.4 Å². The van der Waals surface area contributed by atoms with Gasteiger partial charge in [-0.15, -0.1) is 10.2 Å². The highest BCUT2D eigenvalue weighted by molar-refractivity contribution is 8.00. The number of thioether (sulfide) groups is 1. The lowest BCUT2D eigenvalue weighted by molar-refractivity contribution is -0.132. The molecule has 0 bridgehead atoms. The van der Waals surface area contributed by atoms with Crippen LogP contribution >= 0.6 is 23.1 Å². The van der Waals surface area contributed by atoms with Gasteiger partial charge in [-0.1, -0.05) is 65.6 Å². The van der Waals surface area contributed by atoms with E-state index in [1.165, 1.54) is 28.0 Å². The maximum Gasteiger partial charge on any atom is 0.301 e. The molecule has 3 aromatic carbocycles. The number of aromatic nitrogens is 2. The Balaban J connectivity index is 1.40. The van der Waals surface area contributed by atoms with Crippen LogP contribution in [0.15, 0.2) is 82.7 Å². The van der Waals surface area contributed by atoms with E-state index in [2.05, 4.69) is 10.2 Å². The molecule has 2 aliphatic heterocycles. The molecule has 0 saturated carbocycles. The number of ether oxygens (including phenoxy) is 2. The number of aliphatic hydroxyl groups excluding tert-OH is 1. The molecule has 6 rings (SSSR count). The second-order valence-corrected chi connectivity index (χ2v) is 11.7. The molecule has 1 amide bonds. The highest BCUT2D eigenvalue weighted by Gasteiger charge is 2.48. The smallest absolute Gasteiger partial charge is 0.301 e. The summed E-state index contributed by atoms with van der Waals surface area (Å²) in [4.78, 5) is 28.3. The Morgan fingerprint density at radius 3 is 2.62 bits per heavy atom. The molecule has 40 heavy (non-hydrogen) atoms. The highest BCUT2D eigenvalue weighted by Crippen LogP contribution is 2.45. The number of rotatable bonds is 7. The molecular formula is C30H25N3O5S2. The van der Waals surface area contributed by atoms with Gasteiger partial charge in [0.2, 0.25) is 5.13 Å². The largest absolute Gasteiger partial charge is 0.507 e. The lowest BCUT2D eigenvalue weighted by Gasteiger charge is -2.22. The molecule has 1 fully saturated rings. The van der Waals surface area contributed by atoms with Gasteiger partial charge in [-0.05, 0) is 53.9 Å². The number of hydrogen-bond acceptors (Lipinski definition) is 9. The summed E-state index contributed by atoms with van der Waals surface area (Å²) in [7, 11) is 1.56. The summed E-state index contributed by atoms with van der Waals surface area (Å²) in [5, 5.41) is 20.3. The number of fused-ring (bicyclic) bond motifs is 1. The van der Waals surface area contributed by atoms with E-state index in [9.17, 15) is 14.7 Å². The molecule has 10 heteroatoms. The second kappa shape index (κ2) is 10.8. The predicted molar refractivity (Wildman–Crippen MR) is 154 cm³/mol. The first kappa shape index (κ1) is 26.1. The molecule has 1 aromatic heterocycles. The molecule has 2 aliphatic rings. The summed E-state index contributed by atoms with van der Waals surface area (Å²) >= 11 is 2.74. The maximum absolute atomic E-state index is 13.5. The standard InChI is InChI=1S/C30H25N3O5S2/c1-17-14-21-15-20(10-13-23(21)38-17)26(34)24-25(19-8-11-22(37-2)12-9-19)33(28(36)27(24)35)29-31-32-30(40-29)39-16-18-6-4-3-5-7-18/h3-13,15,17,25,34H,14,16H2,1-2H3/b26-24-. The monoisotopic (exact) mass is 571 g/mol. The third-order valence-electron chi connectivity index (χ3n) is 6.85. The zero-order valence-corrected chi connectivity index (χ0v) is 23.4. The van der Waals surface area contributed by atoms with Crippen molar-refractivity contribution in [3.8, 4) is 11.5 Å². The molecule has 3 heterocycles. The lowest BCUT2D eigenvalue weighted by atomic mass is 9.94. The van der Waals surface area contributed by atoms with Crippen LogP contribution in [0.3, 0.4) is 0 Å². The van der Waals surface area contributed by atoms with Crippen molar-refractivity contribution in [3.05, 3.63) is 101 Å². The van der Waals surface area contributed by atoms with Crippen molar-refractivity contribution in [2.45, 2.75) is 35.6 Å². The predicted octanol–water partition coefficient (Wildman–Crippen LogP) is 5.79. The second-order valence-electron chi connectivity index (χ2n) is 9.52. The van der Waals surface area contributed by atoms with Gasteiger partial charge >= 0.3 is 5.91 Å². The number of benzene rings is 3. The quantitative estimate of drug-likeness (QED) is 0.0978. The Hall–Kier alpha value is -4.15. The van der Waals surface area contributed by atoms with Crippen molar-refractivity contribution in [2.75, 3.05) is 12.0 Å². The lowest BCUT2D eigenvalue weighted by Crippen LogP contribution is -2.29. The van der Waals surface area contributed by atoms with E-state index in [0.717, 1.165) is 16.9 Å². The molecule has 1 N–H and O–H groups in total. The Labute approximate surface area is 239 Å². The minimum absolute atomic E-state index is 0.00392. The number of aliphatic hydroxyl groups is 1. The summed E-state index contributed by atoms with van der Waals surface area (Å²) in [5.74, 6) is 0.284. The van der Waals surface area contributed by atoms with Crippen LogP contribution in [-0.4, -0.2) is 40.2 Å². The number of methoxy groups -OCH3 is 1. The first-order chi connectivity index (χ1) is 19.4. The molecule has 8 nitrogen and oxygen atoms in total. The first-order valence-corrected chi connectivity index (χ1v) is 14.5. The van der Waals surface area contributed by atoms with Gasteiger partial charge in [-0.2, -0.15) is 0 Å². The topological polar surface area (TPSA) is 102 Å². The third-order valence-corrected chi connectivity index (χ3v) is 8.98. The number of amides is 1. The van der Waals surface area contributed by atoms with Crippen molar-refractivity contribution < 1.29 is 24.2 Å². The van der Waals surface area contributed by atoms with E-state index >= 15 is 0 Å². The minimum Gasteiger partial charge on any atom is -0.507 e. The van der Waals surface area contributed by atoms with Gasteiger partial charge in [0, 0.05) is 17.7 Å². The molecule has 202 valence electrons. The Bertz CT molecular complexity index is 1620. The molecule has 2 unspecified atom stereocenters. The fourth-order valence-electron chi connectivity index (χ4n) is 4.93. The van der Waals surface area contributed by atoms with Crippen LogP contribution in [-0.2, 0) is 21.8 Å². The first-order valence-electron chi connectivity index (χ1n) is 12.7. The molecule has 0 spiro atoms. The minimum atomic E-state index is -0.894. The van der Waals surface area contributed by atoms with Crippen molar-refractivity contribution in [1.82, 2.24) is 10.2 Å². The number of anilines is 1. The van der Waals surface area contributed by atoms with Crippen LogP contribution in [0, 0.1) is 0 Å². The van der Waals surface area contributed by atoms with E-state index in [0.29, 0.717) is 33.4 Å². The van der Waals surface area contributed by atoms with Crippen LogP contribution in [0.2, 0.25) is 0 Å². The van der Waals surface area contributed by atoms with E-state index in [-0.39, 0.29) is 22.6 Å². The van der Waals surface area contributed by atoms with Crippen molar-refractivity contribution in [3.63, 3.8) is 0 Å². The summed E-state index contributed by atoms with van der Waals surface area (Å²) < 4.78 is 11.8. The van der Waals surface area contributed by atoms with Gasteiger partial charge in [0.05, 0.1) is 18.7 Å². The molecule has 4 aromatic rings. The molecular weight excluding hydrogens is 546 g/mol. The van der Waals surface area contributed by atoms with E-state index < -0.39 is 17.7 Å². The Morgan fingerprint density at radius 2 is 1.88 bits per heavy atom. The summed E-state index contributed by atoms with van der Waals surface area (Å²) in [5.41, 5.74) is 3.15. The number of Topliss-reactive ketones (excluding diaryl/α,β-unsaturated/α-hetero) is 1. The average Bonchev–Trinajstić information content (AvgIpc) is 3.67. The van der Waals surface area contributed by atoms with Crippen LogP contribution in [0.4, 0.5) is 5.13 Å². The van der Waals surface area contributed by atoms with Crippen LogP contribution in [0.1, 0.15) is 35.2 Å². The number of nitrogens with zero attached hydrogens (tertiary/aromatic N) is 3. The SMILES string of the molecule is COc1ccc(C2/C(=C(/O)c3ccc4c(c3)CC(C)O4)C(=O)C(=O)N2c2nnc(SCc3ccccc3)s2)cc1. The van der Waals surface area contributed by atoms with Crippen LogP contribution in [0.25, 0.3) is 5.76 Å². The molecule has 0 radical (unpaired) electrons. The van der Waals surface area contributed by atoms with E-state index in [4.69, 9.17) is 9.47 Å². The number of carbonyl (C=O) groups is 2. The van der Waals surface area contributed by atoms with Gasteiger partial charge in [-0.25, -0.2) is 0 Å². The van der Waals surface area contributed by atoms with Gasteiger partial charge in [-0.3, -0.25) is 14.5 Å². The van der Waals surface area contributed by atoms with Gasteiger partial charge in [0.25, 0.3) is 5.78 Å². The molecule has 2 atom stereocenters. The van der Waals surface area contributed by atoms with Crippen molar-refractivity contribution in [2.24, 2.45) is 0 Å². The summed E-state index contributed by atoms with van der Waals surface area (Å²) in [6, 6.07) is 21.5. The van der Waals surface area contributed by atoms with Crippen molar-refractivity contribution >= 4 is 45.7 Å². The number of ketones is 1. The fraction of sp³-hybridized carbons (Fsp3) is 0.200. The summed E-state index contributed by atoms with van der Waals surface area (Å²) in [6.07, 6.45) is 0.726. The maximum atomic E-state index is 13.5. The zero-order chi connectivity index (χ0) is 27.8. The molecule has 0 aliphatic carbocycles. The highest BCUT2D eigenvalue weighted by atomic mass is 32.2. The molecule has 1 saturated heterocycles. The average molecular weight is 572 g/mol. The normalized spacial score (nSPS) is 19.5. The Morgan fingerprint density at radius 1 is 1.10 bits per heavy atom. The summed E-state index contributed by atoms with van der Waals surface area (Å²) in [6.45, 7) is 1.98. The van der Waals surface area contributed by atoms with Crippen LogP contribution in [0.5, 0.6) is 11.5 Å². The number of carbonyl (C=O) groups excluding carboxylic acids is 2. The van der Waals surface area contributed by atoms with Gasteiger partial charge in [0.15, 0.2) is 4.34 Å². The van der Waals surface area contributed by atoms with Gasteiger partial charge < -0.3 is 14.6 Å². The van der Waals surface area contributed by atoms with Crippen molar-refractivity contribution in [1.29, 1.82) is 0 Å². The Kier molecular flexibility index (Phi) is 7.03. The van der Waals surface area contributed by atoms with Gasteiger partial charge in [0.1, 0.15) is 23.4 Å². The number of hydrogen-bond donors (Lipinski definition) is 1. The van der Waals surface area contributed by atoms with E-state index in [1.807, 2.05) is 43.3 Å². The van der Waals surface area contributed by atoms with E-state index in [1.54, 1.807) is 43.5 Å².